The first-order chi connectivity index (χ1) is 14.5. The van der Waals surface area contributed by atoms with Crippen molar-refractivity contribution in [1.82, 2.24) is 9.47 Å². The molecule has 0 spiro atoms. The van der Waals surface area contributed by atoms with E-state index < -0.39 is 0 Å². The Balaban J connectivity index is 1.87. The number of carbonyl (C=O) groups is 1. The van der Waals surface area contributed by atoms with Gasteiger partial charge in [-0.2, -0.15) is 0 Å². The summed E-state index contributed by atoms with van der Waals surface area (Å²) >= 11 is 1.55. The predicted molar refractivity (Wildman–Crippen MR) is 121 cm³/mol. The minimum absolute atomic E-state index is 0.181. The number of methoxy groups -OCH3 is 1. The highest BCUT2D eigenvalue weighted by Gasteiger charge is 2.25. The molecule has 6 heteroatoms. The van der Waals surface area contributed by atoms with Crippen LogP contribution in [0.3, 0.4) is 0 Å². The van der Waals surface area contributed by atoms with Gasteiger partial charge in [0.2, 0.25) is 0 Å². The molecule has 0 N–H and O–H groups in total. The highest BCUT2D eigenvalue weighted by atomic mass is 32.1. The molecule has 2 heterocycles. The lowest BCUT2D eigenvalue weighted by atomic mass is 10.0. The van der Waals surface area contributed by atoms with Crippen molar-refractivity contribution >= 4 is 28.0 Å². The fourth-order valence-corrected chi connectivity index (χ4v) is 4.51. The van der Waals surface area contributed by atoms with Gasteiger partial charge in [0.1, 0.15) is 11.4 Å². The second kappa shape index (κ2) is 8.16. The van der Waals surface area contributed by atoms with E-state index in [0.29, 0.717) is 17.6 Å². The molecule has 0 saturated heterocycles. The Hall–Kier alpha value is -3.38. The molecule has 2 aromatic heterocycles. The van der Waals surface area contributed by atoms with Crippen molar-refractivity contribution in [2.75, 3.05) is 14.2 Å². The summed E-state index contributed by atoms with van der Waals surface area (Å²) < 4.78 is 6.89. The predicted octanol–water partition coefficient (Wildman–Crippen LogP) is 4.55. The summed E-state index contributed by atoms with van der Waals surface area (Å²) in [7, 11) is 5.02. The Labute approximate surface area is 178 Å². The molecule has 0 saturated carbocycles. The van der Waals surface area contributed by atoms with E-state index in [0.717, 1.165) is 27.1 Å². The SMILES string of the molecule is COc1ccccc1CN(C)C(=O)c1c(-c2cccs2)c2ccccc2c(=O)n1C. The summed E-state index contributed by atoms with van der Waals surface area (Å²) in [6.45, 7) is 0.369. The molecular weight excluding hydrogens is 396 g/mol. The Morgan fingerprint density at radius 1 is 1.03 bits per heavy atom. The van der Waals surface area contributed by atoms with Crippen LogP contribution in [-0.2, 0) is 13.6 Å². The van der Waals surface area contributed by atoms with Crippen molar-refractivity contribution < 1.29 is 9.53 Å². The molecule has 0 aliphatic carbocycles. The highest BCUT2D eigenvalue weighted by Crippen LogP contribution is 2.34. The monoisotopic (exact) mass is 418 g/mol. The van der Waals surface area contributed by atoms with Gasteiger partial charge in [-0.1, -0.05) is 42.5 Å². The molecule has 5 nitrogen and oxygen atoms in total. The molecule has 0 aliphatic heterocycles. The van der Waals surface area contributed by atoms with E-state index in [2.05, 4.69) is 0 Å². The number of pyridine rings is 1. The number of rotatable bonds is 5. The number of thiophene rings is 1. The Morgan fingerprint density at radius 3 is 2.43 bits per heavy atom. The maximum absolute atomic E-state index is 13.6. The number of nitrogens with zero attached hydrogens (tertiary/aromatic N) is 2. The summed E-state index contributed by atoms with van der Waals surface area (Å²) in [6, 6.07) is 19.0. The van der Waals surface area contributed by atoms with Crippen LogP contribution >= 0.6 is 11.3 Å². The lowest BCUT2D eigenvalue weighted by molar-refractivity contribution is 0.0774. The molecular formula is C24H22N2O3S. The molecule has 1 amide bonds. The number of para-hydroxylation sites is 1. The molecule has 0 unspecified atom stereocenters. The third-order valence-electron chi connectivity index (χ3n) is 5.22. The Kier molecular flexibility index (Phi) is 5.42. The van der Waals surface area contributed by atoms with Crippen molar-refractivity contribution in [2.45, 2.75) is 6.54 Å². The molecule has 2 aromatic carbocycles. The molecule has 0 fully saturated rings. The van der Waals surface area contributed by atoms with Crippen LogP contribution in [0.2, 0.25) is 0 Å². The minimum atomic E-state index is -0.213. The average Bonchev–Trinajstić information content (AvgIpc) is 3.30. The number of ether oxygens (including phenoxy) is 1. The van der Waals surface area contributed by atoms with Crippen LogP contribution in [-0.4, -0.2) is 29.5 Å². The van der Waals surface area contributed by atoms with Crippen molar-refractivity contribution in [1.29, 1.82) is 0 Å². The van der Waals surface area contributed by atoms with Gasteiger partial charge in [0.15, 0.2) is 0 Å². The van der Waals surface area contributed by atoms with Gasteiger partial charge in [-0.25, -0.2) is 0 Å². The maximum atomic E-state index is 13.6. The second-order valence-corrected chi connectivity index (χ2v) is 8.03. The first kappa shape index (κ1) is 19.9. The number of hydrogen-bond acceptors (Lipinski definition) is 4. The van der Waals surface area contributed by atoms with Crippen molar-refractivity contribution in [3.05, 3.63) is 87.7 Å². The van der Waals surface area contributed by atoms with Crippen molar-refractivity contribution in [3.8, 4) is 16.2 Å². The van der Waals surface area contributed by atoms with E-state index in [9.17, 15) is 9.59 Å². The van der Waals surface area contributed by atoms with E-state index >= 15 is 0 Å². The van der Waals surface area contributed by atoms with Crippen LogP contribution in [0.25, 0.3) is 21.2 Å². The zero-order valence-electron chi connectivity index (χ0n) is 17.1. The first-order valence-electron chi connectivity index (χ1n) is 9.56. The first-order valence-corrected chi connectivity index (χ1v) is 10.4. The van der Waals surface area contributed by atoms with E-state index in [4.69, 9.17) is 4.74 Å². The topological polar surface area (TPSA) is 51.5 Å². The zero-order valence-corrected chi connectivity index (χ0v) is 17.9. The maximum Gasteiger partial charge on any atom is 0.271 e. The summed E-state index contributed by atoms with van der Waals surface area (Å²) in [5.74, 6) is 0.512. The van der Waals surface area contributed by atoms with Crippen molar-refractivity contribution in [2.24, 2.45) is 7.05 Å². The van der Waals surface area contributed by atoms with Gasteiger partial charge in [0.05, 0.1) is 7.11 Å². The molecule has 4 rings (SSSR count). The fourth-order valence-electron chi connectivity index (χ4n) is 3.73. The third kappa shape index (κ3) is 3.39. The molecule has 152 valence electrons. The number of fused-ring (bicyclic) bond motifs is 1. The van der Waals surface area contributed by atoms with Crippen LogP contribution in [0.1, 0.15) is 16.1 Å². The number of carbonyl (C=O) groups excluding carboxylic acids is 1. The van der Waals surface area contributed by atoms with E-state index in [-0.39, 0.29) is 11.5 Å². The van der Waals surface area contributed by atoms with Gasteiger partial charge >= 0.3 is 0 Å². The Bertz CT molecular complexity index is 1280. The van der Waals surface area contributed by atoms with Gasteiger partial charge < -0.3 is 14.2 Å². The number of hydrogen-bond donors (Lipinski definition) is 0. The van der Waals surface area contributed by atoms with Gasteiger partial charge in [-0.05, 0) is 29.0 Å². The summed E-state index contributed by atoms with van der Waals surface area (Å²) in [5.41, 5.74) is 1.90. The fraction of sp³-hybridized carbons (Fsp3) is 0.167. The van der Waals surface area contributed by atoms with Crippen LogP contribution in [0, 0.1) is 0 Å². The normalized spacial score (nSPS) is 10.9. The standard InChI is InChI=1S/C24H22N2O3S/c1-25(15-16-9-4-7-12-19(16)29-3)24(28)22-21(20-13-8-14-30-20)17-10-5-6-11-18(17)23(27)26(22)2/h4-14H,15H2,1-3H3. The van der Waals surface area contributed by atoms with Gasteiger partial charge in [-0.3, -0.25) is 9.59 Å². The van der Waals surface area contributed by atoms with Crippen LogP contribution < -0.4 is 10.3 Å². The summed E-state index contributed by atoms with van der Waals surface area (Å²) in [5, 5.41) is 3.37. The number of benzene rings is 2. The van der Waals surface area contributed by atoms with Gasteiger partial charge in [-0.15, -0.1) is 11.3 Å². The zero-order chi connectivity index (χ0) is 21.3. The largest absolute Gasteiger partial charge is 0.496 e. The number of amides is 1. The molecule has 0 atom stereocenters. The van der Waals surface area contributed by atoms with Crippen LogP contribution in [0.4, 0.5) is 0 Å². The summed E-state index contributed by atoms with van der Waals surface area (Å²) in [6.07, 6.45) is 0. The smallest absolute Gasteiger partial charge is 0.271 e. The molecule has 0 aliphatic rings. The van der Waals surface area contributed by atoms with Gasteiger partial charge in [0.25, 0.3) is 11.5 Å². The molecule has 0 radical (unpaired) electrons. The van der Waals surface area contributed by atoms with E-state index in [1.807, 2.05) is 66.0 Å². The van der Waals surface area contributed by atoms with Crippen molar-refractivity contribution in [3.63, 3.8) is 0 Å². The number of aromatic nitrogens is 1. The molecule has 4 aromatic rings. The van der Waals surface area contributed by atoms with Crippen LogP contribution in [0.15, 0.2) is 70.8 Å². The summed E-state index contributed by atoms with van der Waals surface area (Å²) in [4.78, 5) is 29.2. The van der Waals surface area contributed by atoms with Crippen LogP contribution in [0.5, 0.6) is 5.75 Å². The van der Waals surface area contributed by atoms with E-state index in [1.165, 1.54) is 4.57 Å². The quantitative estimate of drug-likeness (QED) is 0.478. The Morgan fingerprint density at radius 2 is 1.73 bits per heavy atom. The lowest BCUT2D eigenvalue weighted by Crippen LogP contribution is -2.33. The second-order valence-electron chi connectivity index (χ2n) is 7.08. The molecule has 30 heavy (non-hydrogen) atoms. The minimum Gasteiger partial charge on any atom is -0.496 e. The van der Waals surface area contributed by atoms with E-state index in [1.54, 1.807) is 37.4 Å². The molecule has 0 bridgehead atoms. The average molecular weight is 419 g/mol. The highest BCUT2D eigenvalue weighted by molar-refractivity contribution is 7.13. The van der Waals surface area contributed by atoms with Gasteiger partial charge in [0, 0.05) is 42.0 Å². The lowest BCUT2D eigenvalue weighted by Gasteiger charge is -2.22. The third-order valence-corrected chi connectivity index (χ3v) is 6.11.